The van der Waals surface area contributed by atoms with E-state index >= 15 is 0 Å². The Morgan fingerprint density at radius 3 is 2.18 bits per heavy atom. The van der Waals surface area contributed by atoms with Gasteiger partial charge in [0.25, 0.3) is 17.7 Å². The first-order chi connectivity index (χ1) is 34.7. The summed E-state index contributed by atoms with van der Waals surface area (Å²) in [4.78, 5) is 67.1. The molecule has 5 aromatic rings. The molecule has 382 valence electrons. The molecule has 4 aliphatic rings. The molecule has 5 heterocycles. The lowest BCUT2D eigenvalue weighted by Crippen LogP contribution is -2.44. The van der Waals surface area contributed by atoms with Crippen LogP contribution in [0.4, 0.5) is 5.82 Å². The number of anilines is 1. The predicted octanol–water partition coefficient (Wildman–Crippen LogP) is 5.40. The summed E-state index contributed by atoms with van der Waals surface area (Å²) in [5.74, 6) is 1.23. The molecule has 0 bridgehead atoms. The van der Waals surface area contributed by atoms with Crippen LogP contribution in [0.1, 0.15) is 93.3 Å². The minimum Gasteiger partial charge on any atom is -0.457 e. The highest BCUT2D eigenvalue weighted by Crippen LogP contribution is 2.40. The van der Waals surface area contributed by atoms with E-state index in [1.807, 2.05) is 82.4 Å². The Morgan fingerprint density at radius 2 is 1.47 bits per heavy atom. The van der Waals surface area contributed by atoms with Crippen LogP contribution < -0.4 is 15.8 Å². The van der Waals surface area contributed by atoms with Crippen molar-refractivity contribution in [1.82, 2.24) is 34.6 Å². The van der Waals surface area contributed by atoms with Crippen molar-refractivity contribution in [3.05, 3.63) is 107 Å². The number of rotatable bonds is 23. The highest BCUT2D eigenvalue weighted by molar-refractivity contribution is 7.59. The van der Waals surface area contributed by atoms with E-state index in [2.05, 4.69) is 15.6 Å². The number of aryl methyl sites for hydroxylation is 1. The van der Waals surface area contributed by atoms with Crippen molar-refractivity contribution in [2.45, 2.75) is 76.5 Å². The van der Waals surface area contributed by atoms with Gasteiger partial charge in [-0.1, -0.05) is 35.5 Å². The number of carbonyl (C=O) groups excluding carboxylic acids is 5. The predicted molar refractivity (Wildman–Crippen MR) is 269 cm³/mol. The number of hydrogen-bond acceptors (Lipinski definition) is 14. The first-order valence-corrected chi connectivity index (χ1v) is 24.7. The van der Waals surface area contributed by atoms with Gasteiger partial charge in [0.05, 0.1) is 77.5 Å². The zero-order chi connectivity index (χ0) is 49.1. The Kier molecular flexibility index (Phi) is 17.9. The third-order valence-electron chi connectivity index (χ3n) is 13.7. The van der Waals surface area contributed by atoms with Gasteiger partial charge in [0.1, 0.15) is 34.4 Å². The number of nitrogens with one attached hydrogen (secondary N) is 1. The number of para-hydroxylation sites is 1. The number of primary amides is 1. The summed E-state index contributed by atoms with van der Waals surface area (Å²) in [6, 6.07) is 22.2. The van der Waals surface area contributed by atoms with Crippen LogP contribution in [0.5, 0.6) is 11.5 Å². The number of nitrogens with two attached hydrogens (primary N) is 1. The van der Waals surface area contributed by atoms with Crippen LogP contribution >= 0.6 is 13.5 Å². The Balaban J connectivity index is 0.00000693. The van der Waals surface area contributed by atoms with Crippen LogP contribution in [0.2, 0.25) is 0 Å². The molecular formula is C52H63N9O10S. The number of piperidine rings is 1. The number of carbonyl (C=O) groups is 5. The number of hydrogen-bond donors (Lipinski definition) is 2. The second kappa shape index (κ2) is 24.8. The van der Waals surface area contributed by atoms with E-state index in [-0.39, 0.29) is 55.3 Å². The summed E-state index contributed by atoms with van der Waals surface area (Å²) in [6.45, 7) is 6.15. The molecule has 20 heteroatoms. The van der Waals surface area contributed by atoms with Crippen LogP contribution in [-0.4, -0.2) is 142 Å². The van der Waals surface area contributed by atoms with Gasteiger partial charge in [-0.25, -0.2) is 9.36 Å². The van der Waals surface area contributed by atoms with Crippen LogP contribution in [0.3, 0.4) is 0 Å². The van der Waals surface area contributed by atoms with Crippen LogP contribution in [0.15, 0.2) is 79.0 Å². The van der Waals surface area contributed by atoms with Crippen LogP contribution in [0, 0.1) is 5.92 Å². The third kappa shape index (κ3) is 12.4. The fourth-order valence-corrected chi connectivity index (χ4v) is 10.0. The van der Waals surface area contributed by atoms with E-state index in [4.69, 9.17) is 34.5 Å². The molecule has 2 atom stereocenters. The molecule has 9 rings (SSSR count). The summed E-state index contributed by atoms with van der Waals surface area (Å²) in [7, 11) is 0. The second-order valence-electron chi connectivity index (χ2n) is 18.3. The molecule has 2 aromatic heterocycles. The van der Waals surface area contributed by atoms with Crippen molar-refractivity contribution in [3.63, 3.8) is 0 Å². The number of ether oxygens (including phenoxy) is 5. The molecule has 0 spiro atoms. The monoisotopic (exact) mass is 1010 g/mol. The van der Waals surface area contributed by atoms with Gasteiger partial charge in [-0.05, 0) is 98.0 Å². The number of ketones is 2. The summed E-state index contributed by atoms with van der Waals surface area (Å²) < 4.78 is 32.3. The van der Waals surface area contributed by atoms with Crippen molar-refractivity contribution in [1.29, 1.82) is 0 Å². The fraction of sp³-hybridized carbons (Fsp3) is 0.462. The van der Waals surface area contributed by atoms with Crippen molar-refractivity contribution < 1.29 is 47.7 Å². The average Bonchev–Trinajstić information content (AvgIpc) is 4.12. The normalized spacial score (nSPS) is 17.9. The van der Waals surface area contributed by atoms with E-state index in [9.17, 15) is 24.0 Å². The quantitative estimate of drug-likeness (QED) is 0.0618. The fourth-order valence-electron chi connectivity index (χ4n) is 10.0. The lowest BCUT2D eigenvalue weighted by atomic mass is 9.86. The number of fused-ring (bicyclic) bond motifs is 2. The van der Waals surface area contributed by atoms with Gasteiger partial charge in [-0.15, -0.1) is 5.10 Å². The molecule has 1 saturated carbocycles. The SMILES string of the molecule is NC(=O)c1c(-c2ccc(Oc3ccccc3)cc2)nn2c1NCC[C@H]2C1CCN(C(=O)c2cn(CCOCCOCCOCCOCCCc3cccc4c3CN(C3CCC(=O)CC3=O)C4=O)nn2)CC1.S. The molecule has 1 saturated heterocycles. The Bertz CT molecular complexity index is 2670. The topological polar surface area (TPSA) is 225 Å². The van der Waals surface area contributed by atoms with E-state index < -0.39 is 11.9 Å². The number of likely N-dealkylation sites (tertiary alicyclic amines) is 1. The van der Waals surface area contributed by atoms with Gasteiger partial charge in [0.15, 0.2) is 11.5 Å². The van der Waals surface area contributed by atoms with E-state index in [1.54, 1.807) is 15.8 Å². The lowest BCUT2D eigenvalue weighted by Gasteiger charge is -2.38. The molecule has 3 amide bonds. The molecule has 1 aliphatic carbocycles. The van der Waals surface area contributed by atoms with Gasteiger partial charge in [0.2, 0.25) is 0 Å². The zero-order valence-corrected chi connectivity index (χ0v) is 41.4. The average molecular weight is 1010 g/mol. The van der Waals surface area contributed by atoms with E-state index in [1.165, 1.54) is 0 Å². The Morgan fingerprint density at radius 1 is 0.778 bits per heavy atom. The van der Waals surface area contributed by atoms with Crippen LogP contribution in [-0.2, 0) is 48.0 Å². The maximum atomic E-state index is 13.5. The highest BCUT2D eigenvalue weighted by Gasteiger charge is 2.40. The minimum absolute atomic E-state index is 0. The molecule has 0 radical (unpaired) electrons. The summed E-state index contributed by atoms with van der Waals surface area (Å²) >= 11 is 0. The Hall–Kier alpha value is -6.45. The smallest absolute Gasteiger partial charge is 0.276 e. The first kappa shape index (κ1) is 51.9. The maximum absolute atomic E-state index is 13.5. The number of benzene rings is 3. The largest absolute Gasteiger partial charge is 0.457 e. The van der Waals surface area contributed by atoms with Crippen LogP contribution in [0.25, 0.3) is 11.3 Å². The van der Waals surface area contributed by atoms with Gasteiger partial charge < -0.3 is 44.5 Å². The first-order valence-electron chi connectivity index (χ1n) is 24.7. The number of Topliss-reactive ketones (excluding diaryl/α,β-unsaturated/α-hetero) is 2. The van der Waals surface area contributed by atoms with E-state index in [0.29, 0.717) is 133 Å². The molecular weight excluding hydrogens is 943 g/mol. The standard InChI is InChI=1S/C52H61N9O10.H2S/c53-49(64)47-48(37-11-14-40(15-12-37)71-39-8-2-1-3-9-39)56-61-44(17-20-54-50(47)61)36-18-21-58(22-19-36)52(66)43-34-59(57-55-43)23-25-68-27-29-70-31-30-69-28-26-67-24-5-7-35-6-4-10-41-42(35)33-60(51(41)65)45-16-13-38(62)32-46(45)63;/h1-4,6,8-12,14-15,34,36,44-45,54H,5,7,13,16-33H2,(H2,53,64);1H2/t44-,45?;/m0./s1. The zero-order valence-electron chi connectivity index (χ0n) is 40.4. The second-order valence-corrected chi connectivity index (χ2v) is 18.3. The summed E-state index contributed by atoms with van der Waals surface area (Å²) in [5.41, 5.74) is 10.6. The number of aromatic nitrogens is 5. The number of amides is 3. The summed E-state index contributed by atoms with van der Waals surface area (Å²) in [5, 5.41) is 16.7. The van der Waals surface area contributed by atoms with Gasteiger partial charge in [0, 0.05) is 50.3 Å². The molecule has 3 N–H and O–H groups in total. The molecule has 2 fully saturated rings. The van der Waals surface area contributed by atoms with Crippen molar-refractivity contribution >= 4 is 48.6 Å². The van der Waals surface area contributed by atoms with Crippen molar-refractivity contribution in [2.24, 2.45) is 11.7 Å². The van der Waals surface area contributed by atoms with Gasteiger partial charge in [-0.2, -0.15) is 18.6 Å². The third-order valence-corrected chi connectivity index (χ3v) is 13.7. The van der Waals surface area contributed by atoms with Crippen molar-refractivity contribution in [2.75, 3.05) is 77.8 Å². The Labute approximate surface area is 425 Å². The molecule has 1 unspecified atom stereocenters. The molecule has 3 aromatic carbocycles. The maximum Gasteiger partial charge on any atom is 0.276 e. The molecule has 3 aliphatic heterocycles. The van der Waals surface area contributed by atoms with Gasteiger partial charge in [-0.3, -0.25) is 24.0 Å². The lowest BCUT2D eigenvalue weighted by molar-refractivity contribution is -0.133. The molecule has 19 nitrogen and oxygen atoms in total. The number of nitrogens with zero attached hydrogens (tertiary/aromatic N) is 7. The summed E-state index contributed by atoms with van der Waals surface area (Å²) in [6.07, 6.45) is 6.23. The van der Waals surface area contributed by atoms with E-state index in [0.717, 1.165) is 54.5 Å². The molecule has 72 heavy (non-hydrogen) atoms. The van der Waals surface area contributed by atoms with Gasteiger partial charge >= 0.3 is 0 Å². The van der Waals surface area contributed by atoms with Crippen molar-refractivity contribution in [3.8, 4) is 22.8 Å². The minimum atomic E-state index is -0.546. The highest BCUT2D eigenvalue weighted by atomic mass is 32.1.